The number of imidazole rings is 1. The molecule has 1 fully saturated rings. The van der Waals surface area contributed by atoms with Gasteiger partial charge in [-0.2, -0.15) is 5.10 Å². The van der Waals surface area contributed by atoms with Gasteiger partial charge in [-0.1, -0.05) is 24.3 Å². The number of hydrogen-bond acceptors (Lipinski definition) is 8. The second-order valence-corrected chi connectivity index (χ2v) is 9.28. The molecule has 0 amide bonds. The molecule has 1 saturated heterocycles. The van der Waals surface area contributed by atoms with Gasteiger partial charge < -0.3 is 14.8 Å². The first-order valence-electron chi connectivity index (χ1n) is 12.8. The number of rotatable bonds is 9. The molecule has 38 heavy (non-hydrogen) atoms. The van der Waals surface area contributed by atoms with Gasteiger partial charge in [-0.25, -0.2) is 15.0 Å². The maximum atomic E-state index is 5.98. The summed E-state index contributed by atoms with van der Waals surface area (Å²) >= 11 is 0. The van der Waals surface area contributed by atoms with E-state index in [9.17, 15) is 0 Å². The summed E-state index contributed by atoms with van der Waals surface area (Å²) in [4.78, 5) is 15.8. The number of aromatic nitrogens is 6. The standard InChI is InChI=1S/C28H30N8O2/c1-34-19-23(17-33-34)22-4-2-21(3-5-22)16-29-27-15-25(31-20-32-27)26-18-30-28-14-24(6-7-36(26)28)38-13-10-35-8-11-37-12-9-35/h2-7,14-15,17-20H,8-13,16H2,1H3,(H,29,31,32). The van der Waals surface area contributed by atoms with Gasteiger partial charge in [-0.3, -0.25) is 14.0 Å². The molecule has 0 atom stereocenters. The van der Waals surface area contributed by atoms with Crippen molar-refractivity contribution >= 4 is 11.5 Å². The molecule has 0 saturated carbocycles. The third-order valence-electron chi connectivity index (χ3n) is 6.66. The van der Waals surface area contributed by atoms with Gasteiger partial charge in [0.15, 0.2) is 0 Å². The average molecular weight is 511 g/mol. The van der Waals surface area contributed by atoms with Crippen LogP contribution in [0.2, 0.25) is 0 Å². The molecule has 5 aromatic rings. The Kier molecular flexibility index (Phi) is 6.97. The third kappa shape index (κ3) is 5.51. The number of nitrogens with zero attached hydrogens (tertiary/aromatic N) is 7. The molecule has 10 nitrogen and oxygen atoms in total. The van der Waals surface area contributed by atoms with Gasteiger partial charge in [0.2, 0.25) is 0 Å². The normalized spacial score (nSPS) is 14.1. The third-order valence-corrected chi connectivity index (χ3v) is 6.66. The van der Waals surface area contributed by atoms with Crippen LogP contribution in [0, 0.1) is 0 Å². The topological polar surface area (TPSA) is 94.6 Å². The second-order valence-electron chi connectivity index (χ2n) is 9.28. The highest BCUT2D eigenvalue weighted by atomic mass is 16.5. The zero-order valence-electron chi connectivity index (χ0n) is 21.3. The Labute approximate surface area is 220 Å². The summed E-state index contributed by atoms with van der Waals surface area (Å²) in [6.45, 7) is 5.69. The van der Waals surface area contributed by atoms with Gasteiger partial charge in [0.1, 0.15) is 30.1 Å². The second kappa shape index (κ2) is 11.0. The van der Waals surface area contributed by atoms with Crippen LogP contribution in [0.1, 0.15) is 5.56 Å². The number of nitrogens with one attached hydrogen (secondary N) is 1. The van der Waals surface area contributed by atoms with Crippen LogP contribution in [-0.2, 0) is 18.3 Å². The van der Waals surface area contributed by atoms with Crippen molar-refractivity contribution in [3.8, 4) is 28.3 Å². The number of ether oxygens (including phenoxy) is 2. The molecule has 4 aromatic heterocycles. The largest absolute Gasteiger partial charge is 0.492 e. The summed E-state index contributed by atoms with van der Waals surface area (Å²) in [5, 5.41) is 7.65. The Morgan fingerprint density at radius 1 is 0.974 bits per heavy atom. The van der Waals surface area contributed by atoms with Crippen LogP contribution < -0.4 is 10.1 Å². The quantitative estimate of drug-likeness (QED) is 0.322. The van der Waals surface area contributed by atoms with Crippen molar-refractivity contribution in [3.63, 3.8) is 0 Å². The molecule has 0 aliphatic carbocycles. The van der Waals surface area contributed by atoms with E-state index in [4.69, 9.17) is 9.47 Å². The highest BCUT2D eigenvalue weighted by Gasteiger charge is 2.12. The summed E-state index contributed by atoms with van der Waals surface area (Å²) < 4.78 is 15.2. The van der Waals surface area contributed by atoms with Crippen molar-refractivity contribution in [1.82, 2.24) is 34.0 Å². The molecule has 5 heterocycles. The molecule has 10 heteroatoms. The van der Waals surface area contributed by atoms with E-state index in [1.807, 2.05) is 59.1 Å². The highest BCUT2D eigenvalue weighted by Crippen LogP contribution is 2.24. The SMILES string of the molecule is Cn1cc(-c2ccc(CNc3cc(-c4cnc5cc(OCCN6CCOCC6)ccn45)ncn3)cc2)cn1. The lowest BCUT2D eigenvalue weighted by molar-refractivity contribution is 0.0322. The van der Waals surface area contributed by atoms with Crippen LogP contribution in [0.3, 0.4) is 0 Å². The van der Waals surface area contributed by atoms with Crippen LogP contribution in [0.5, 0.6) is 5.75 Å². The Hall–Kier alpha value is -4.28. The fourth-order valence-electron chi connectivity index (χ4n) is 4.53. The first-order chi connectivity index (χ1) is 18.7. The minimum atomic E-state index is 0.636. The molecule has 0 unspecified atom stereocenters. The van der Waals surface area contributed by atoms with Crippen molar-refractivity contribution < 1.29 is 9.47 Å². The molecule has 194 valence electrons. The lowest BCUT2D eigenvalue weighted by Crippen LogP contribution is -2.38. The van der Waals surface area contributed by atoms with Gasteiger partial charge in [0.05, 0.1) is 37.0 Å². The summed E-state index contributed by atoms with van der Waals surface area (Å²) in [5.41, 5.74) is 5.91. The van der Waals surface area contributed by atoms with Crippen LogP contribution >= 0.6 is 0 Å². The average Bonchev–Trinajstić information content (AvgIpc) is 3.59. The molecule has 1 aromatic carbocycles. The molecule has 0 radical (unpaired) electrons. The van der Waals surface area contributed by atoms with E-state index in [1.165, 1.54) is 0 Å². The van der Waals surface area contributed by atoms with E-state index in [-0.39, 0.29) is 0 Å². The molecular formula is C28H30N8O2. The number of pyridine rings is 1. The van der Waals surface area contributed by atoms with Gasteiger partial charge in [-0.05, 0) is 17.2 Å². The first-order valence-corrected chi connectivity index (χ1v) is 12.8. The van der Waals surface area contributed by atoms with E-state index in [2.05, 4.69) is 54.5 Å². The predicted octanol–water partition coefficient (Wildman–Crippen LogP) is 3.51. The number of hydrogen-bond donors (Lipinski definition) is 1. The maximum Gasteiger partial charge on any atom is 0.140 e. The van der Waals surface area contributed by atoms with Crippen molar-refractivity contribution in [2.75, 3.05) is 44.8 Å². The molecule has 0 spiro atoms. The van der Waals surface area contributed by atoms with Gasteiger partial charge in [0, 0.05) is 63.3 Å². The maximum absolute atomic E-state index is 5.98. The zero-order valence-corrected chi connectivity index (χ0v) is 21.3. The minimum absolute atomic E-state index is 0.636. The number of morpholine rings is 1. The minimum Gasteiger partial charge on any atom is -0.492 e. The van der Waals surface area contributed by atoms with Crippen molar-refractivity contribution in [3.05, 3.63) is 79.1 Å². The number of anilines is 1. The fraction of sp³-hybridized carbons (Fsp3) is 0.286. The van der Waals surface area contributed by atoms with Crippen LogP contribution in [0.25, 0.3) is 28.2 Å². The Morgan fingerprint density at radius 3 is 2.66 bits per heavy atom. The van der Waals surface area contributed by atoms with Crippen molar-refractivity contribution in [2.45, 2.75) is 6.54 Å². The van der Waals surface area contributed by atoms with Crippen molar-refractivity contribution in [1.29, 1.82) is 0 Å². The van der Waals surface area contributed by atoms with E-state index < -0.39 is 0 Å². The van der Waals surface area contributed by atoms with E-state index in [0.29, 0.717) is 13.2 Å². The summed E-state index contributed by atoms with van der Waals surface area (Å²) in [7, 11) is 1.92. The van der Waals surface area contributed by atoms with Gasteiger partial charge >= 0.3 is 0 Å². The van der Waals surface area contributed by atoms with Crippen LogP contribution in [-0.4, -0.2) is 73.5 Å². The van der Waals surface area contributed by atoms with E-state index in [0.717, 1.165) is 78.1 Å². The van der Waals surface area contributed by atoms with Gasteiger partial charge in [0.25, 0.3) is 0 Å². The zero-order chi connectivity index (χ0) is 25.7. The lowest BCUT2D eigenvalue weighted by atomic mass is 10.1. The summed E-state index contributed by atoms with van der Waals surface area (Å²) in [6.07, 6.45) is 9.26. The molecule has 0 bridgehead atoms. The Bertz CT molecular complexity index is 1510. The van der Waals surface area contributed by atoms with E-state index in [1.54, 1.807) is 6.33 Å². The number of aryl methyl sites for hydroxylation is 1. The fourth-order valence-corrected chi connectivity index (χ4v) is 4.53. The molecular weight excluding hydrogens is 480 g/mol. The summed E-state index contributed by atoms with van der Waals surface area (Å²) in [6, 6.07) is 14.3. The highest BCUT2D eigenvalue weighted by molar-refractivity contribution is 5.64. The molecule has 1 aliphatic heterocycles. The number of benzene rings is 1. The lowest BCUT2D eigenvalue weighted by Gasteiger charge is -2.26. The number of fused-ring (bicyclic) bond motifs is 1. The summed E-state index contributed by atoms with van der Waals surface area (Å²) in [5.74, 6) is 1.56. The monoisotopic (exact) mass is 510 g/mol. The molecule has 1 aliphatic rings. The van der Waals surface area contributed by atoms with Crippen molar-refractivity contribution in [2.24, 2.45) is 7.05 Å². The first kappa shape index (κ1) is 24.1. The Morgan fingerprint density at radius 2 is 1.84 bits per heavy atom. The van der Waals surface area contributed by atoms with Gasteiger partial charge in [-0.15, -0.1) is 0 Å². The molecule has 6 rings (SSSR count). The Balaban J connectivity index is 1.09. The predicted molar refractivity (Wildman–Crippen MR) is 145 cm³/mol. The van der Waals surface area contributed by atoms with E-state index >= 15 is 0 Å². The van der Waals surface area contributed by atoms with Crippen LogP contribution in [0.4, 0.5) is 5.82 Å². The smallest absolute Gasteiger partial charge is 0.140 e. The van der Waals surface area contributed by atoms with Crippen LogP contribution in [0.15, 0.2) is 73.6 Å². The molecule has 1 N–H and O–H groups in total.